The lowest BCUT2D eigenvalue weighted by atomic mass is 9.94. The Balaban J connectivity index is 1.46. The molecule has 216 valence electrons. The first-order valence-electron chi connectivity index (χ1n) is 13.4. The quantitative estimate of drug-likeness (QED) is 0.305. The Bertz CT molecular complexity index is 1590. The fourth-order valence-electron chi connectivity index (χ4n) is 4.83. The summed E-state index contributed by atoms with van der Waals surface area (Å²) in [6.45, 7) is 10.6. The Morgan fingerprint density at radius 1 is 1.22 bits per heavy atom. The molecule has 0 radical (unpaired) electrons. The summed E-state index contributed by atoms with van der Waals surface area (Å²) in [5.41, 5.74) is -1.41. The Morgan fingerprint density at radius 3 is 2.71 bits per heavy atom. The molecular weight excluding hydrogens is 531 g/mol. The minimum atomic E-state index is -1.75. The number of hydrogen-bond acceptors (Lipinski definition) is 12. The number of piperidine rings is 1. The zero-order valence-corrected chi connectivity index (χ0v) is 23.8. The van der Waals surface area contributed by atoms with Crippen LogP contribution in [0.5, 0.6) is 0 Å². The Kier molecular flexibility index (Phi) is 7.32. The molecule has 4 aromatic rings. The number of fused-ring (bicyclic) bond motifs is 1. The van der Waals surface area contributed by atoms with Crippen LogP contribution in [-0.2, 0) is 15.1 Å². The van der Waals surface area contributed by atoms with Gasteiger partial charge in [0.2, 0.25) is 5.95 Å². The number of ether oxygens (including phenoxy) is 1. The topological polar surface area (TPSA) is 152 Å². The Hall–Kier alpha value is -4.26. The van der Waals surface area contributed by atoms with Gasteiger partial charge in [0.15, 0.2) is 11.3 Å². The molecule has 0 saturated carbocycles. The number of alkyl halides is 1. The fourth-order valence-corrected chi connectivity index (χ4v) is 4.83. The van der Waals surface area contributed by atoms with E-state index in [9.17, 15) is 14.3 Å². The maximum Gasteiger partial charge on any atom is 0.303 e. The maximum absolute atomic E-state index is 14.8. The van der Waals surface area contributed by atoms with Crippen LogP contribution in [0.4, 0.5) is 22.0 Å². The van der Waals surface area contributed by atoms with Crippen LogP contribution < -0.4 is 10.2 Å². The van der Waals surface area contributed by atoms with Crippen LogP contribution in [0, 0.1) is 0 Å². The zero-order chi connectivity index (χ0) is 29.5. The minimum Gasteiger partial charge on any atom is -0.450 e. The number of nitrogens with zero attached hydrogens (tertiary/aromatic N) is 7. The lowest BCUT2D eigenvalue weighted by Gasteiger charge is -2.38. The number of rotatable bonds is 7. The van der Waals surface area contributed by atoms with Crippen molar-refractivity contribution >= 4 is 34.3 Å². The average molecular weight is 565 g/mol. The largest absolute Gasteiger partial charge is 0.450 e. The third-order valence-corrected chi connectivity index (χ3v) is 7.02. The van der Waals surface area contributed by atoms with Gasteiger partial charge in [0.05, 0.1) is 12.6 Å². The SMILES string of the molecule is CC(=O)OC(C)(C)c1nnc(-c2ncc(C(C)C)c3cc(Nc4ccnc(N5CC[C@@H](O)[C@@](C)(F)C5)n4)ncc23)o1. The van der Waals surface area contributed by atoms with Gasteiger partial charge in [0, 0.05) is 37.4 Å². The first kappa shape index (κ1) is 28.3. The first-order chi connectivity index (χ1) is 19.3. The van der Waals surface area contributed by atoms with E-state index < -0.39 is 23.3 Å². The molecule has 1 aliphatic rings. The van der Waals surface area contributed by atoms with Gasteiger partial charge in [-0.15, -0.1) is 10.2 Å². The van der Waals surface area contributed by atoms with Crippen molar-refractivity contribution in [2.75, 3.05) is 23.3 Å². The standard InChI is InChI=1S/C28H33FN8O4/c1-15(2)18-12-32-23(24-35-36-25(40-24)27(4,5)41-16(3)38)19-13-31-22(11-17(18)19)33-21-7-9-30-26(34-21)37-10-8-20(39)28(6,29)14-37/h7,9,11-13,15,20,39H,8,10,14H2,1-6H3,(H,30,31,33,34)/t20-,28+/m1/s1. The van der Waals surface area contributed by atoms with Crippen LogP contribution in [0.15, 0.2) is 35.1 Å². The summed E-state index contributed by atoms with van der Waals surface area (Å²) in [5.74, 6) is 1.41. The molecule has 41 heavy (non-hydrogen) atoms. The molecule has 2 atom stereocenters. The van der Waals surface area contributed by atoms with Gasteiger partial charge < -0.3 is 24.5 Å². The van der Waals surface area contributed by atoms with Gasteiger partial charge in [-0.25, -0.2) is 14.4 Å². The summed E-state index contributed by atoms with van der Waals surface area (Å²) in [4.78, 5) is 31.3. The van der Waals surface area contributed by atoms with Crippen LogP contribution in [-0.4, -0.2) is 66.1 Å². The van der Waals surface area contributed by atoms with Crippen molar-refractivity contribution < 1.29 is 23.4 Å². The predicted octanol–water partition coefficient (Wildman–Crippen LogP) is 4.43. The van der Waals surface area contributed by atoms with Crippen molar-refractivity contribution in [2.24, 2.45) is 0 Å². The molecule has 1 fully saturated rings. The smallest absolute Gasteiger partial charge is 0.303 e. The third-order valence-electron chi connectivity index (χ3n) is 7.02. The highest BCUT2D eigenvalue weighted by molar-refractivity contribution is 5.96. The summed E-state index contributed by atoms with van der Waals surface area (Å²) in [6, 6.07) is 3.60. The summed E-state index contributed by atoms with van der Waals surface area (Å²) in [5, 5.41) is 23.0. The summed E-state index contributed by atoms with van der Waals surface area (Å²) in [7, 11) is 0. The van der Waals surface area contributed by atoms with Crippen molar-refractivity contribution in [1.29, 1.82) is 0 Å². The molecule has 0 unspecified atom stereocenters. The van der Waals surface area contributed by atoms with Crippen molar-refractivity contribution in [2.45, 2.75) is 71.3 Å². The van der Waals surface area contributed by atoms with E-state index in [0.717, 1.165) is 10.9 Å². The second-order valence-corrected chi connectivity index (χ2v) is 11.2. The van der Waals surface area contributed by atoms with Crippen LogP contribution in [0.25, 0.3) is 22.4 Å². The number of pyridine rings is 2. The monoisotopic (exact) mass is 564 g/mol. The van der Waals surface area contributed by atoms with Crippen LogP contribution in [0.3, 0.4) is 0 Å². The molecule has 2 N–H and O–H groups in total. The van der Waals surface area contributed by atoms with E-state index in [1.807, 2.05) is 6.07 Å². The summed E-state index contributed by atoms with van der Waals surface area (Å²) < 4.78 is 26.0. The number of halogens is 1. The number of aliphatic hydroxyl groups excluding tert-OH is 1. The molecule has 0 spiro atoms. The molecule has 1 aliphatic heterocycles. The molecule has 5 heterocycles. The number of esters is 1. The first-order valence-corrected chi connectivity index (χ1v) is 13.4. The number of nitrogens with one attached hydrogen (secondary N) is 1. The van der Waals surface area contributed by atoms with Gasteiger partial charge in [-0.05, 0) is 56.2 Å². The Morgan fingerprint density at radius 2 is 2.00 bits per heavy atom. The van der Waals surface area contributed by atoms with Gasteiger partial charge in [-0.2, -0.15) is 4.98 Å². The number of anilines is 3. The second-order valence-electron chi connectivity index (χ2n) is 11.2. The van der Waals surface area contributed by atoms with E-state index >= 15 is 0 Å². The fraction of sp³-hybridized carbons (Fsp3) is 0.464. The maximum atomic E-state index is 14.8. The van der Waals surface area contributed by atoms with E-state index in [1.54, 1.807) is 43.4 Å². The van der Waals surface area contributed by atoms with Crippen molar-refractivity contribution in [1.82, 2.24) is 30.1 Å². The van der Waals surface area contributed by atoms with Gasteiger partial charge in [0.25, 0.3) is 11.8 Å². The van der Waals surface area contributed by atoms with Crippen LogP contribution in [0.2, 0.25) is 0 Å². The normalized spacial score (nSPS) is 19.5. The molecule has 13 heteroatoms. The predicted molar refractivity (Wildman–Crippen MR) is 149 cm³/mol. The van der Waals surface area contributed by atoms with E-state index in [1.165, 1.54) is 13.8 Å². The number of carbonyl (C=O) groups excluding carboxylic acids is 1. The third kappa shape index (κ3) is 5.80. The number of aliphatic hydroxyl groups is 1. The van der Waals surface area contributed by atoms with Crippen LogP contribution >= 0.6 is 0 Å². The zero-order valence-electron chi connectivity index (χ0n) is 23.8. The molecule has 0 aliphatic carbocycles. The number of carbonyl (C=O) groups is 1. The van der Waals surface area contributed by atoms with E-state index in [2.05, 4.69) is 49.3 Å². The van der Waals surface area contributed by atoms with Gasteiger partial charge in [0.1, 0.15) is 17.3 Å². The lowest BCUT2D eigenvalue weighted by molar-refractivity contribution is -0.156. The van der Waals surface area contributed by atoms with E-state index in [4.69, 9.17) is 9.15 Å². The molecule has 4 aromatic heterocycles. The van der Waals surface area contributed by atoms with Crippen molar-refractivity contribution in [3.05, 3.63) is 42.2 Å². The molecular formula is C28H33FN8O4. The minimum absolute atomic E-state index is 0.00514. The highest BCUT2D eigenvalue weighted by Crippen LogP contribution is 2.34. The van der Waals surface area contributed by atoms with Crippen molar-refractivity contribution in [3.63, 3.8) is 0 Å². The van der Waals surface area contributed by atoms with Gasteiger partial charge in [-0.1, -0.05) is 13.8 Å². The number of hydrogen-bond donors (Lipinski definition) is 2. The Labute approximate surface area is 236 Å². The second kappa shape index (κ2) is 10.6. The molecule has 12 nitrogen and oxygen atoms in total. The summed E-state index contributed by atoms with van der Waals surface area (Å²) in [6.07, 6.45) is 4.32. The average Bonchev–Trinajstić information content (AvgIpc) is 3.40. The molecule has 1 saturated heterocycles. The molecule has 0 bridgehead atoms. The molecule has 5 rings (SSSR count). The highest BCUT2D eigenvalue weighted by Gasteiger charge is 2.39. The molecule has 0 aromatic carbocycles. The molecule has 0 amide bonds. The lowest BCUT2D eigenvalue weighted by Crippen LogP contribution is -2.52. The number of aromatic nitrogens is 6. The highest BCUT2D eigenvalue weighted by atomic mass is 19.1. The van der Waals surface area contributed by atoms with E-state index in [-0.39, 0.29) is 30.7 Å². The van der Waals surface area contributed by atoms with Crippen LogP contribution in [0.1, 0.15) is 65.3 Å². The summed E-state index contributed by atoms with van der Waals surface area (Å²) >= 11 is 0. The van der Waals surface area contributed by atoms with Crippen molar-refractivity contribution in [3.8, 4) is 11.6 Å². The van der Waals surface area contributed by atoms with Gasteiger partial charge >= 0.3 is 5.97 Å². The van der Waals surface area contributed by atoms with Gasteiger partial charge in [-0.3, -0.25) is 9.78 Å². The van der Waals surface area contributed by atoms with E-state index in [0.29, 0.717) is 35.2 Å².